The van der Waals surface area contributed by atoms with E-state index in [0.29, 0.717) is 5.75 Å². The monoisotopic (exact) mass is 320 g/mol. The van der Waals surface area contributed by atoms with Crippen molar-refractivity contribution in [1.82, 2.24) is 0 Å². The van der Waals surface area contributed by atoms with Gasteiger partial charge >= 0.3 is 0 Å². The van der Waals surface area contributed by atoms with Gasteiger partial charge in [0.05, 0.1) is 0 Å². The Morgan fingerprint density at radius 2 is 0.920 bits per heavy atom. The Balaban J connectivity index is 2.06. The van der Waals surface area contributed by atoms with E-state index in [0.717, 1.165) is 21.5 Å². The normalized spacial score (nSPS) is 11.4. The number of phenols is 1. The van der Waals surface area contributed by atoms with Crippen LogP contribution >= 0.6 is 0 Å². The van der Waals surface area contributed by atoms with Crippen molar-refractivity contribution in [3.05, 3.63) is 91.0 Å². The minimum absolute atomic E-state index is 0.357. The molecule has 0 aliphatic heterocycles. The van der Waals surface area contributed by atoms with E-state index < -0.39 is 0 Å². The summed E-state index contributed by atoms with van der Waals surface area (Å²) in [5.74, 6) is 0.357. The van der Waals surface area contributed by atoms with Gasteiger partial charge in [0.1, 0.15) is 5.75 Å². The highest BCUT2D eigenvalue weighted by Gasteiger charge is 2.15. The Morgan fingerprint density at radius 3 is 1.56 bits per heavy atom. The lowest BCUT2D eigenvalue weighted by Crippen LogP contribution is -1.88. The van der Waals surface area contributed by atoms with Crippen LogP contribution in [0.2, 0.25) is 0 Å². The van der Waals surface area contributed by atoms with Crippen LogP contribution in [0.15, 0.2) is 91.0 Å². The van der Waals surface area contributed by atoms with Gasteiger partial charge in [0.25, 0.3) is 0 Å². The highest BCUT2D eigenvalue weighted by atomic mass is 16.3. The van der Waals surface area contributed by atoms with Crippen molar-refractivity contribution < 1.29 is 5.11 Å². The summed E-state index contributed by atoms with van der Waals surface area (Å²) in [6, 6.07) is 31.1. The van der Waals surface area contributed by atoms with Crippen LogP contribution in [0.1, 0.15) is 0 Å². The summed E-state index contributed by atoms with van der Waals surface area (Å²) in [6.45, 7) is 0. The topological polar surface area (TPSA) is 20.2 Å². The second-order valence-corrected chi connectivity index (χ2v) is 6.34. The molecular weight excluding hydrogens is 304 g/mol. The maximum Gasteiger partial charge on any atom is 0.131 e. The smallest absolute Gasteiger partial charge is 0.131 e. The Hall–Kier alpha value is -3.32. The molecule has 5 aromatic rings. The zero-order chi connectivity index (χ0) is 16.8. The van der Waals surface area contributed by atoms with Crippen molar-refractivity contribution >= 4 is 32.3 Å². The maximum atomic E-state index is 10.8. The van der Waals surface area contributed by atoms with Gasteiger partial charge in [-0.3, -0.25) is 0 Å². The quantitative estimate of drug-likeness (QED) is 0.349. The fourth-order valence-electron chi connectivity index (χ4n) is 3.84. The minimum Gasteiger partial charge on any atom is -0.507 e. The summed E-state index contributed by atoms with van der Waals surface area (Å²) < 4.78 is 0. The standard InChI is InChI=1S/C24H16O/c25-24-21-13-5-3-11-19(21)23(20-12-4-6-14-22(20)24)18-15-7-9-16-8-1-2-10-17(16)18/h1-15,25H. The molecule has 0 radical (unpaired) electrons. The Labute approximate surface area is 145 Å². The molecule has 0 aromatic heterocycles. The van der Waals surface area contributed by atoms with Gasteiger partial charge < -0.3 is 5.11 Å². The van der Waals surface area contributed by atoms with E-state index in [9.17, 15) is 5.11 Å². The van der Waals surface area contributed by atoms with E-state index in [1.54, 1.807) is 0 Å². The summed E-state index contributed by atoms with van der Waals surface area (Å²) in [7, 11) is 0. The molecule has 5 aromatic carbocycles. The number of hydrogen-bond donors (Lipinski definition) is 1. The first-order valence-corrected chi connectivity index (χ1v) is 8.45. The molecule has 0 bridgehead atoms. The maximum absolute atomic E-state index is 10.8. The number of fused-ring (bicyclic) bond motifs is 3. The molecule has 0 atom stereocenters. The second-order valence-electron chi connectivity index (χ2n) is 6.34. The van der Waals surface area contributed by atoms with E-state index >= 15 is 0 Å². The molecule has 0 spiro atoms. The molecule has 25 heavy (non-hydrogen) atoms. The molecule has 0 fully saturated rings. The third-order valence-electron chi connectivity index (χ3n) is 4.96. The first-order chi connectivity index (χ1) is 12.3. The van der Waals surface area contributed by atoms with Crippen LogP contribution in [-0.4, -0.2) is 5.11 Å². The largest absolute Gasteiger partial charge is 0.507 e. The lowest BCUT2D eigenvalue weighted by Gasteiger charge is -2.15. The fraction of sp³-hybridized carbons (Fsp3) is 0. The van der Waals surface area contributed by atoms with E-state index in [1.165, 1.54) is 21.9 Å². The third kappa shape index (κ3) is 2.03. The molecule has 1 N–H and O–H groups in total. The molecule has 5 rings (SSSR count). The van der Waals surface area contributed by atoms with Crippen LogP contribution in [0, 0.1) is 0 Å². The van der Waals surface area contributed by atoms with Gasteiger partial charge in [-0.15, -0.1) is 0 Å². The van der Waals surface area contributed by atoms with Gasteiger partial charge in [0.2, 0.25) is 0 Å². The molecule has 0 saturated carbocycles. The molecule has 1 heteroatoms. The van der Waals surface area contributed by atoms with Crippen LogP contribution in [0.4, 0.5) is 0 Å². The van der Waals surface area contributed by atoms with Gasteiger partial charge in [-0.1, -0.05) is 91.0 Å². The first kappa shape index (κ1) is 14.1. The van der Waals surface area contributed by atoms with Crippen LogP contribution in [-0.2, 0) is 0 Å². The van der Waals surface area contributed by atoms with Gasteiger partial charge in [0.15, 0.2) is 0 Å². The van der Waals surface area contributed by atoms with E-state index in [4.69, 9.17) is 0 Å². The van der Waals surface area contributed by atoms with Gasteiger partial charge in [0, 0.05) is 10.8 Å². The van der Waals surface area contributed by atoms with Crippen molar-refractivity contribution in [3.63, 3.8) is 0 Å². The van der Waals surface area contributed by atoms with Crippen LogP contribution < -0.4 is 0 Å². The molecule has 0 aliphatic carbocycles. The SMILES string of the molecule is Oc1c2ccccc2c(-c2cccc3ccccc23)c2ccccc12. The van der Waals surface area contributed by atoms with Crippen LogP contribution in [0.5, 0.6) is 5.75 Å². The number of rotatable bonds is 1. The number of hydrogen-bond acceptors (Lipinski definition) is 1. The zero-order valence-electron chi connectivity index (χ0n) is 13.6. The van der Waals surface area contributed by atoms with E-state index in [1.807, 2.05) is 36.4 Å². The van der Waals surface area contributed by atoms with Crippen molar-refractivity contribution in [2.24, 2.45) is 0 Å². The summed E-state index contributed by atoms with van der Waals surface area (Å²) in [6.07, 6.45) is 0. The molecule has 118 valence electrons. The molecule has 0 unspecified atom stereocenters. The predicted octanol–water partition coefficient (Wildman–Crippen LogP) is 6.52. The number of aromatic hydroxyl groups is 1. The molecular formula is C24H16O. The average Bonchev–Trinajstić information content (AvgIpc) is 2.68. The number of benzene rings is 5. The van der Waals surface area contributed by atoms with E-state index in [-0.39, 0.29) is 0 Å². The molecule has 1 nitrogen and oxygen atoms in total. The van der Waals surface area contributed by atoms with Crippen molar-refractivity contribution in [3.8, 4) is 16.9 Å². The van der Waals surface area contributed by atoms with Crippen molar-refractivity contribution in [2.45, 2.75) is 0 Å². The summed E-state index contributed by atoms with van der Waals surface area (Å²) in [4.78, 5) is 0. The summed E-state index contributed by atoms with van der Waals surface area (Å²) in [5.41, 5.74) is 2.38. The summed E-state index contributed by atoms with van der Waals surface area (Å²) >= 11 is 0. The Morgan fingerprint density at radius 1 is 0.440 bits per heavy atom. The average molecular weight is 320 g/mol. The first-order valence-electron chi connectivity index (χ1n) is 8.45. The zero-order valence-corrected chi connectivity index (χ0v) is 13.6. The van der Waals surface area contributed by atoms with Crippen molar-refractivity contribution in [2.75, 3.05) is 0 Å². The molecule has 0 amide bonds. The second kappa shape index (κ2) is 5.35. The van der Waals surface area contributed by atoms with Crippen molar-refractivity contribution in [1.29, 1.82) is 0 Å². The lowest BCUT2D eigenvalue weighted by molar-refractivity contribution is 0.488. The van der Waals surface area contributed by atoms with Crippen LogP contribution in [0.3, 0.4) is 0 Å². The number of phenolic OH excluding ortho intramolecular Hbond substituents is 1. The summed E-state index contributed by atoms with van der Waals surface area (Å²) in [5, 5.41) is 17.2. The van der Waals surface area contributed by atoms with Gasteiger partial charge in [-0.2, -0.15) is 0 Å². The molecule has 0 aliphatic rings. The lowest BCUT2D eigenvalue weighted by atomic mass is 9.89. The Bertz CT molecular complexity index is 1190. The fourth-order valence-corrected chi connectivity index (χ4v) is 3.84. The highest BCUT2D eigenvalue weighted by molar-refractivity contribution is 6.19. The Kier molecular flexibility index (Phi) is 3.01. The minimum atomic E-state index is 0.357. The third-order valence-corrected chi connectivity index (χ3v) is 4.96. The van der Waals surface area contributed by atoms with Gasteiger partial charge in [-0.25, -0.2) is 0 Å². The van der Waals surface area contributed by atoms with Crippen LogP contribution in [0.25, 0.3) is 43.4 Å². The molecule has 0 heterocycles. The van der Waals surface area contributed by atoms with Gasteiger partial charge in [-0.05, 0) is 32.7 Å². The van der Waals surface area contributed by atoms with E-state index in [2.05, 4.69) is 54.6 Å². The predicted molar refractivity (Wildman–Crippen MR) is 106 cm³/mol. The highest BCUT2D eigenvalue weighted by Crippen LogP contribution is 2.44. The molecule has 0 saturated heterocycles.